The molecular weight excluding hydrogens is 260 g/mol. The molecule has 0 aromatic heterocycles. The van der Waals surface area contributed by atoms with Gasteiger partial charge in [0.05, 0.1) is 5.92 Å². The Morgan fingerprint density at radius 3 is 2.70 bits per heavy atom. The van der Waals surface area contributed by atoms with Crippen LogP contribution in [0.1, 0.15) is 23.2 Å². The van der Waals surface area contributed by atoms with Crippen LogP contribution in [-0.4, -0.2) is 31.4 Å². The summed E-state index contributed by atoms with van der Waals surface area (Å²) >= 11 is 0. The fourth-order valence-corrected chi connectivity index (χ4v) is 1.65. The van der Waals surface area contributed by atoms with Gasteiger partial charge in [0, 0.05) is 18.3 Å². The third-order valence-electron chi connectivity index (χ3n) is 2.89. The molecule has 0 radical (unpaired) electrons. The molecule has 2 amide bonds. The zero-order valence-corrected chi connectivity index (χ0v) is 11.1. The number of rotatable bonds is 5. The Morgan fingerprint density at radius 1 is 1.30 bits per heavy atom. The second-order valence-corrected chi connectivity index (χ2v) is 4.59. The van der Waals surface area contributed by atoms with Gasteiger partial charge in [-0.15, -0.1) is 0 Å². The number of carbonyl (C=O) groups excluding carboxylic acids is 3. The Bertz CT molecular complexity index is 538. The van der Waals surface area contributed by atoms with E-state index in [1.807, 2.05) is 0 Å². The molecule has 0 spiro atoms. The number of carbonyl (C=O) groups is 3. The van der Waals surface area contributed by atoms with Crippen molar-refractivity contribution >= 4 is 23.5 Å². The van der Waals surface area contributed by atoms with Gasteiger partial charge in [-0.2, -0.15) is 0 Å². The van der Waals surface area contributed by atoms with Gasteiger partial charge in [-0.25, -0.2) is 0 Å². The summed E-state index contributed by atoms with van der Waals surface area (Å²) in [4.78, 5) is 34.4. The first-order valence-corrected chi connectivity index (χ1v) is 6.39. The zero-order chi connectivity index (χ0) is 14.5. The Labute approximate surface area is 116 Å². The summed E-state index contributed by atoms with van der Waals surface area (Å²) in [5, 5.41) is 5.08. The van der Waals surface area contributed by atoms with E-state index in [1.54, 1.807) is 24.3 Å². The fraction of sp³-hybridized carbons (Fsp3) is 0.357. The highest BCUT2D eigenvalue weighted by molar-refractivity contribution is 5.97. The highest BCUT2D eigenvalue weighted by Gasteiger charge is 2.31. The Morgan fingerprint density at radius 2 is 2.05 bits per heavy atom. The number of hydrogen-bond acceptors (Lipinski definition) is 4. The molecule has 106 valence electrons. The van der Waals surface area contributed by atoms with Crippen LogP contribution in [0.4, 0.5) is 5.69 Å². The van der Waals surface area contributed by atoms with Gasteiger partial charge >= 0.3 is 5.97 Å². The van der Waals surface area contributed by atoms with Crippen LogP contribution in [0, 0.1) is 5.92 Å². The predicted molar refractivity (Wildman–Crippen MR) is 72.1 cm³/mol. The molecule has 2 rings (SSSR count). The third-order valence-corrected chi connectivity index (χ3v) is 2.89. The lowest BCUT2D eigenvalue weighted by atomic mass is 10.2. The van der Waals surface area contributed by atoms with Gasteiger partial charge in [0.1, 0.15) is 0 Å². The van der Waals surface area contributed by atoms with Gasteiger partial charge in [-0.05, 0) is 31.0 Å². The van der Waals surface area contributed by atoms with E-state index in [0.29, 0.717) is 11.3 Å². The Kier molecular flexibility index (Phi) is 4.34. The maximum atomic E-state index is 11.6. The van der Waals surface area contributed by atoms with Crippen molar-refractivity contribution in [3.8, 4) is 0 Å². The molecule has 0 aliphatic heterocycles. The van der Waals surface area contributed by atoms with Crippen LogP contribution in [0.2, 0.25) is 0 Å². The Balaban J connectivity index is 1.86. The van der Waals surface area contributed by atoms with Crippen molar-refractivity contribution in [1.29, 1.82) is 0 Å². The monoisotopic (exact) mass is 276 g/mol. The predicted octanol–water partition coefficient (Wildman–Crippen LogP) is 0.938. The maximum Gasteiger partial charge on any atom is 0.309 e. The van der Waals surface area contributed by atoms with Crippen LogP contribution in [0.15, 0.2) is 24.3 Å². The summed E-state index contributed by atoms with van der Waals surface area (Å²) in [6, 6.07) is 6.52. The quantitative estimate of drug-likeness (QED) is 0.784. The molecular formula is C14H16N2O4. The molecule has 20 heavy (non-hydrogen) atoms. The number of anilines is 1. The van der Waals surface area contributed by atoms with E-state index in [4.69, 9.17) is 4.74 Å². The number of benzene rings is 1. The summed E-state index contributed by atoms with van der Waals surface area (Å²) in [6.45, 7) is -0.306. The normalized spacial score (nSPS) is 13.4. The van der Waals surface area contributed by atoms with Gasteiger partial charge in [0.25, 0.3) is 11.8 Å². The number of hydrogen-bond donors (Lipinski definition) is 2. The number of ether oxygens (including phenoxy) is 1. The lowest BCUT2D eigenvalue weighted by molar-refractivity contribution is -0.148. The summed E-state index contributed by atoms with van der Waals surface area (Å²) in [7, 11) is 1.53. The summed E-state index contributed by atoms with van der Waals surface area (Å²) in [5.74, 6) is -1.01. The standard InChI is InChI=1S/C14H16N2O4/c1-15-13(18)10-3-2-4-11(7-10)16-12(17)8-20-14(19)9-5-6-9/h2-4,7,9H,5-6,8H2,1H3,(H,15,18)(H,16,17). The molecule has 1 aromatic carbocycles. The first-order chi connectivity index (χ1) is 9.60. The summed E-state index contributed by atoms with van der Waals surface area (Å²) in [6.07, 6.45) is 1.68. The second kappa shape index (κ2) is 6.18. The van der Waals surface area contributed by atoms with E-state index in [-0.39, 0.29) is 24.4 Å². The molecule has 2 N–H and O–H groups in total. The van der Waals surface area contributed by atoms with Crippen LogP contribution < -0.4 is 10.6 Å². The van der Waals surface area contributed by atoms with Crippen molar-refractivity contribution in [1.82, 2.24) is 5.32 Å². The van der Waals surface area contributed by atoms with Crippen molar-refractivity contribution in [2.24, 2.45) is 5.92 Å². The van der Waals surface area contributed by atoms with E-state index in [9.17, 15) is 14.4 Å². The molecule has 6 heteroatoms. The molecule has 1 saturated carbocycles. The molecule has 6 nitrogen and oxygen atoms in total. The first-order valence-electron chi connectivity index (χ1n) is 6.39. The number of amides is 2. The number of esters is 1. The van der Waals surface area contributed by atoms with E-state index < -0.39 is 5.91 Å². The molecule has 0 unspecified atom stereocenters. The van der Waals surface area contributed by atoms with Crippen molar-refractivity contribution in [3.05, 3.63) is 29.8 Å². The van der Waals surface area contributed by atoms with Gasteiger partial charge in [-0.1, -0.05) is 6.07 Å². The van der Waals surface area contributed by atoms with Gasteiger partial charge in [-0.3, -0.25) is 14.4 Å². The van der Waals surface area contributed by atoms with Crippen molar-refractivity contribution in [2.75, 3.05) is 19.0 Å². The minimum atomic E-state index is -0.423. The highest BCUT2D eigenvalue weighted by Crippen LogP contribution is 2.29. The Hall–Kier alpha value is -2.37. The second-order valence-electron chi connectivity index (χ2n) is 4.59. The molecule has 1 aromatic rings. The van der Waals surface area contributed by atoms with E-state index >= 15 is 0 Å². The zero-order valence-electron chi connectivity index (χ0n) is 11.1. The molecule has 0 bridgehead atoms. The summed E-state index contributed by atoms with van der Waals surface area (Å²) in [5.41, 5.74) is 0.929. The van der Waals surface area contributed by atoms with Gasteiger partial charge in [0.15, 0.2) is 6.61 Å². The van der Waals surface area contributed by atoms with E-state index in [2.05, 4.69) is 10.6 Å². The average molecular weight is 276 g/mol. The molecule has 0 heterocycles. The van der Waals surface area contributed by atoms with E-state index in [0.717, 1.165) is 12.8 Å². The van der Waals surface area contributed by atoms with Crippen LogP contribution in [0.25, 0.3) is 0 Å². The van der Waals surface area contributed by atoms with Gasteiger partial charge in [0.2, 0.25) is 0 Å². The number of nitrogens with one attached hydrogen (secondary N) is 2. The smallest absolute Gasteiger partial charge is 0.309 e. The summed E-state index contributed by atoms with van der Waals surface area (Å²) < 4.78 is 4.87. The third kappa shape index (κ3) is 3.81. The minimum Gasteiger partial charge on any atom is -0.455 e. The molecule has 1 aliphatic rings. The van der Waals surface area contributed by atoms with Crippen LogP contribution >= 0.6 is 0 Å². The molecule has 1 fully saturated rings. The van der Waals surface area contributed by atoms with Crippen molar-refractivity contribution in [3.63, 3.8) is 0 Å². The largest absolute Gasteiger partial charge is 0.455 e. The maximum absolute atomic E-state index is 11.6. The van der Waals surface area contributed by atoms with Crippen LogP contribution in [0.3, 0.4) is 0 Å². The van der Waals surface area contributed by atoms with Crippen LogP contribution in [0.5, 0.6) is 0 Å². The lowest BCUT2D eigenvalue weighted by Gasteiger charge is -2.07. The van der Waals surface area contributed by atoms with Gasteiger partial charge < -0.3 is 15.4 Å². The SMILES string of the molecule is CNC(=O)c1cccc(NC(=O)COC(=O)C2CC2)c1. The molecule has 0 atom stereocenters. The van der Waals surface area contributed by atoms with E-state index in [1.165, 1.54) is 7.05 Å². The molecule has 0 saturated heterocycles. The van der Waals surface area contributed by atoms with Crippen molar-refractivity contribution in [2.45, 2.75) is 12.8 Å². The fourth-order valence-electron chi connectivity index (χ4n) is 1.65. The average Bonchev–Trinajstić information content (AvgIpc) is 3.28. The first kappa shape index (κ1) is 14.0. The molecule has 1 aliphatic carbocycles. The lowest BCUT2D eigenvalue weighted by Crippen LogP contribution is -2.22. The highest BCUT2D eigenvalue weighted by atomic mass is 16.5. The minimum absolute atomic E-state index is 0.0284. The van der Waals surface area contributed by atoms with Crippen molar-refractivity contribution < 1.29 is 19.1 Å². The topological polar surface area (TPSA) is 84.5 Å². The van der Waals surface area contributed by atoms with Crippen LogP contribution in [-0.2, 0) is 14.3 Å².